The van der Waals surface area contributed by atoms with Crippen molar-refractivity contribution in [3.8, 4) is 0 Å². The number of carbonyl (C=O) groups is 4. The fourth-order valence-corrected chi connectivity index (χ4v) is 4.05. The summed E-state index contributed by atoms with van der Waals surface area (Å²) in [7, 11) is 0. The Bertz CT molecular complexity index is 981. The molecule has 1 heterocycles. The molecule has 0 radical (unpaired) electrons. The molecule has 2 atom stereocenters. The lowest BCUT2D eigenvalue weighted by atomic mass is 9.88. The van der Waals surface area contributed by atoms with Gasteiger partial charge >= 0.3 is 23.9 Å². The Morgan fingerprint density at radius 2 is 1.46 bits per heavy atom. The summed E-state index contributed by atoms with van der Waals surface area (Å²) in [5.41, 5.74) is -0.814. The first kappa shape index (κ1) is 36.5. The number of esters is 4. The van der Waals surface area contributed by atoms with Gasteiger partial charge in [0, 0.05) is 13.0 Å². The quantitative estimate of drug-likeness (QED) is 0.0875. The van der Waals surface area contributed by atoms with Crippen LogP contribution in [0.2, 0.25) is 0 Å². The van der Waals surface area contributed by atoms with Crippen molar-refractivity contribution in [2.24, 2.45) is 16.7 Å². The minimum atomic E-state index is -0.936. The minimum absolute atomic E-state index is 0.0186. The second-order valence-corrected chi connectivity index (χ2v) is 12.2. The zero-order valence-corrected chi connectivity index (χ0v) is 27.0. The van der Waals surface area contributed by atoms with Gasteiger partial charge in [-0.2, -0.15) is 0 Å². The van der Waals surface area contributed by atoms with E-state index in [2.05, 4.69) is 26.2 Å². The number of rotatable bonds is 20. The van der Waals surface area contributed by atoms with E-state index in [1.54, 1.807) is 31.6 Å². The predicted octanol–water partition coefficient (Wildman–Crippen LogP) is 4.02. The molecule has 0 aliphatic carbocycles. The number of alkyl halides is 1. The van der Waals surface area contributed by atoms with Gasteiger partial charge in [-0.3, -0.25) is 23.9 Å². The molecule has 0 saturated carbocycles. The van der Waals surface area contributed by atoms with Crippen LogP contribution in [0.1, 0.15) is 79.8 Å². The van der Waals surface area contributed by atoms with E-state index in [1.165, 1.54) is 0 Å². The lowest BCUT2D eigenvalue weighted by Crippen LogP contribution is -2.33. The first-order valence-corrected chi connectivity index (χ1v) is 14.9. The molecule has 0 N–H and O–H groups in total. The number of aryl methyl sites for hydroxylation is 1. The fraction of sp³-hybridized carbons (Fsp3) is 0.786. The van der Waals surface area contributed by atoms with Gasteiger partial charge in [0.25, 0.3) is 0 Å². The molecule has 234 valence electrons. The molecule has 0 aromatic carbocycles. The Kier molecular flexibility index (Phi) is 16.1. The summed E-state index contributed by atoms with van der Waals surface area (Å²) in [6.45, 7) is 13.9. The van der Waals surface area contributed by atoms with Crippen LogP contribution >= 0.6 is 15.9 Å². The van der Waals surface area contributed by atoms with Crippen molar-refractivity contribution >= 4 is 39.8 Å². The normalized spacial score (nSPS) is 13.3. The van der Waals surface area contributed by atoms with Gasteiger partial charge in [-0.15, -0.1) is 5.10 Å². The van der Waals surface area contributed by atoms with Crippen LogP contribution in [0, 0.1) is 16.7 Å². The van der Waals surface area contributed by atoms with Gasteiger partial charge in [-0.05, 0) is 47.0 Å². The average molecular weight is 649 g/mol. The summed E-state index contributed by atoms with van der Waals surface area (Å²) < 4.78 is 28.0. The van der Waals surface area contributed by atoms with Crippen LogP contribution in [0.4, 0.5) is 0 Å². The number of aromatic nitrogens is 3. The fourth-order valence-electron chi connectivity index (χ4n) is 3.11. The molecule has 0 aliphatic rings. The molecule has 1 rings (SSSR count). The van der Waals surface area contributed by atoms with Crippen LogP contribution < -0.4 is 0 Å². The summed E-state index contributed by atoms with van der Waals surface area (Å²) in [5, 5.41) is 8.09. The molecule has 1 aromatic heterocycles. The number of nitrogens with zero attached hydrogens (tertiary/aromatic N) is 3. The van der Waals surface area contributed by atoms with Gasteiger partial charge < -0.3 is 23.7 Å². The van der Waals surface area contributed by atoms with Gasteiger partial charge in [-0.1, -0.05) is 41.9 Å². The third-order valence-corrected chi connectivity index (χ3v) is 7.28. The van der Waals surface area contributed by atoms with Crippen molar-refractivity contribution in [1.82, 2.24) is 15.0 Å². The Morgan fingerprint density at radius 3 is 2.10 bits per heavy atom. The summed E-state index contributed by atoms with van der Waals surface area (Å²) in [6.07, 6.45) is 3.79. The highest BCUT2D eigenvalue weighted by Gasteiger charge is 2.35. The molecular weight excluding hydrogens is 602 g/mol. The molecule has 0 spiro atoms. The molecule has 1 aromatic rings. The second kappa shape index (κ2) is 18.1. The molecular formula is C28H46BrN3O9. The monoisotopic (exact) mass is 647 g/mol. The van der Waals surface area contributed by atoms with Gasteiger partial charge in [0.1, 0.15) is 30.3 Å². The van der Waals surface area contributed by atoms with Gasteiger partial charge in [0.2, 0.25) is 0 Å². The van der Waals surface area contributed by atoms with Gasteiger partial charge in [0.15, 0.2) is 0 Å². The first-order valence-electron chi connectivity index (χ1n) is 14.0. The van der Waals surface area contributed by atoms with Crippen molar-refractivity contribution in [2.45, 2.75) is 92.1 Å². The van der Waals surface area contributed by atoms with Crippen LogP contribution in [-0.4, -0.2) is 76.7 Å². The van der Waals surface area contributed by atoms with E-state index in [4.69, 9.17) is 23.7 Å². The predicted molar refractivity (Wildman–Crippen MR) is 153 cm³/mol. The Balaban J connectivity index is 2.27. The van der Waals surface area contributed by atoms with E-state index in [1.807, 2.05) is 27.7 Å². The van der Waals surface area contributed by atoms with E-state index in [9.17, 15) is 19.2 Å². The smallest absolute Gasteiger partial charge is 0.319 e. The summed E-state index contributed by atoms with van der Waals surface area (Å²) in [4.78, 5) is 47.8. The van der Waals surface area contributed by atoms with Gasteiger partial charge in [0.05, 0.1) is 42.8 Å². The van der Waals surface area contributed by atoms with Crippen LogP contribution in [0.5, 0.6) is 0 Å². The highest BCUT2D eigenvalue weighted by Crippen LogP contribution is 2.28. The third-order valence-electron chi connectivity index (χ3n) is 6.58. The molecule has 0 bridgehead atoms. The molecule has 0 aliphatic heterocycles. The van der Waals surface area contributed by atoms with Crippen LogP contribution in [0.25, 0.3) is 0 Å². The highest BCUT2D eigenvalue weighted by molar-refractivity contribution is 9.10. The zero-order chi connectivity index (χ0) is 31.1. The topological polar surface area (TPSA) is 145 Å². The summed E-state index contributed by atoms with van der Waals surface area (Å²) >= 11 is 3.28. The number of ether oxygens (including phenoxy) is 5. The number of hydrogen-bond acceptors (Lipinski definition) is 11. The van der Waals surface area contributed by atoms with E-state index in [0.29, 0.717) is 31.5 Å². The zero-order valence-electron chi connectivity index (χ0n) is 25.4. The molecule has 0 amide bonds. The third kappa shape index (κ3) is 13.8. The summed E-state index contributed by atoms with van der Waals surface area (Å²) in [5.74, 6) is -1.76. The van der Waals surface area contributed by atoms with Crippen molar-refractivity contribution in [3.63, 3.8) is 0 Å². The lowest BCUT2D eigenvalue weighted by Gasteiger charge is -2.24. The van der Waals surface area contributed by atoms with E-state index < -0.39 is 27.6 Å². The van der Waals surface area contributed by atoms with E-state index in [-0.39, 0.29) is 63.9 Å². The van der Waals surface area contributed by atoms with Crippen molar-refractivity contribution in [3.05, 3.63) is 11.9 Å². The SMILES string of the molecule is CCC(C)C(=O)OCCOC(=O)C(Br)CC(C)(C)C(=O)OCCCn1cc(COCCOC(=O)C(C)(C)CC)nn1. The Labute approximate surface area is 251 Å². The minimum Gasteiger partial charge on any atom is -0.465 e. The molecule has 0 fully saturated rings. The number of carbonyl (C=O) groups excluding carboxylic acids is 4. The highest BCUT2D eigenvalue weighted by atomic mass is 79.9. The van der Waals surface area contributed by atoms with E-state index in [0.717, 1.165) is 0 Å². The van der Waals surface area contributed by atoms with E-state index >= 15 is 0 Å². The lowest BCUT2D eigenvalue weighted by molar-refractivity contribution is -0.157. The first-order chi connectivity index (χ1) is 19.2. The van der Waals surface area contributed by atoms with Crippen LogP contribution in [0.3, 0.4) is 0 Å². The molecule has 0 saturated heterocycles. The van der Waals surface area contributed by atoms with Crippen molar-refractivity contribution in [1.29, 1.82) is 0 Å². The van der Waals surface area contributed by atoms with Crippen LogP contribution in [-0.2, 0) is 56.0 Å². The maximum atomic E-state index is 12.6. The molecule has 12 nitrogen and oxygen atoms in total. The Hall–Kier alpha value is -2.54. The standard InChI is InChI=1S/C28H46BrN3O9/c1-8-20(3)23(33)38-15-16-39-24(34)22(29)17-28(6,7)26(36)40-12-10-11-32-18-21(30-31-32)19-37-13-14-41-25(35)27(4,5)9-2/h18,20,22H,8-17,19H2,1-7H3. The molecule has 13 heteroatoms. The largest absolute Gasteiger partial charge is 0.465 e. The molecule has 2 unspecified atom stereocenters. The average Bonchev–Trinajstić information content (AvgIpc) is 3.39. The van der Waals surface area contributed by atoms with Gasteiger partial charge in [-0.25, -0.2) is 0 Å². The number of hydrogen-bond donors (Lipinski definition) is 0. The summed E-state index contributed by atoms with van der Waals surface area (Å²) in [6, 6.07) is 0. The van der Waals surface area contributed by atoms with Crippen LogP contribution in [0.15, 0.2) is 6.20 Å². The Morgan fingerprint density at radius 1 is 0.878 bits per heavy atom. The maximum Gasteiger partial charge on any atom is 0.319 e. The number of halogens is 1. The van der Waals surface area contributed by atoms with Crippen molar-refractivity contribution in [2.75, 3.05) is 33.0 Å². The van der Waals surface area contributed by atoms with Crippen molar-refractivity contribution < 1.29 is 42.9 Å². The second-order valence-electron chi connectivity index (χ2n) is 11.1. The maximum absolute atomic E-state index is 12.6. The molecule has 41 heavy (non-hydrogen) atoms.